The maximum absolute atomic E-state index is 14.0. The van der Waals surface area contributed by atoms with Crippen LogP contribution in [0.3, 0.4) is 0 Å². The fourth-order valence-electron chi connectivity index (χ4n) is 3.52. The van der Waals surface area contributed by atoms with E-state index in [0.29, 0.717) is 28.4 Å². The van der Waals surface area contributed by atoms with Crippen molar-refractivity contribution in [1.29, 1.82) is 0 Å². The van der Waals surface area contributed by atoms with Gasteiger partial charge in [-0.05, 0) is 44.9 Å². The van der Waals surface area contributed by atoms with Crippen LogP contribution < -0.4 is 0 Å². The average Bonchev–Trinajstić information content (AvgIpc) is 3.28. The number of rotatable bonds is 3. The molecule has 4 rings (SSSR count). The highest BCUT2D eigenvalue weighted by Gasteiger charge is 2.29. The first-order valence-electron chi connectivity index (χ1n) is 8.97. The number of nitrogens with zero attached hydrogens (tertiary/aromatic N) is 3. The molecule has 27 heavy (non-hydrogen) atoms. The van der Waals surface area contributed by atoms with Gasteiger partial charge in [0.15, 0.2) is 5.01 Å². The van der Waals surface area contributed by atoms with Gasteiger partial charge in [0, 0.05) is 24.6 Å². The van der Waals surface area contributed by atoms with Crippen LogP contribution in [-0.4, -0.2) is 34.1 Å². The molecule has 1 amide bonds. The molecule has 1 saturated heterocycles. The number of piperidine rings is 1. The summed E-state index contributed by atoms with van der Waals surface area (Å²) in [6, 6.07) is 8.37. The van der Waals surface area contributed by atoms with Gasteiger partial charge in [-0.25, -0.2) is 4.39 Å². The molecule has 2 aromatic heterocycles. The van der Waals surface area contributed by atoms with Gasteiger partial charge in [0.25, 0.3) is 5.91 Å². The Morgan fingerprint density at radius 3 is 2.85 bits per heavy atom. The molecule has 7 heteroatoms. The molecule has 1 aromatic carbocycles. The van der Waals surface area contributed by atoms with Gasteiger partial charge in [0.1, 0.15) is 22.3 Å². The largest absolute Gasteiger partial charge is 0.466 e. The lowest BCUT2D eigenvalue weighted by Crippen LogP contribution is -2.39. The predicted octanol–water partition coefficient (Wildman–Crippen LogP) is 4.57. The van der Waals surface area contributed by atoms with Gasteiger partial charge in [-0.15, -0.1) is 10.2 Å². The molecule has 1 unspecified atom stereocenters. The van der Waals surface area contributed by atoms with Crippen molar-refractivity contribution in [3.8, 4) is 10.6 Å². The summed E-state index contributed by atoms with van der Waals surface area (Å²) in [5.41, 5.74) is 1.09. The fourth-order valence-corrected chi connectivity index (χ4v) is 4.52. The van der Waals surface area contributed by atoms with Gasteiger partial charge in [-0.2, -0.15) is 0 Å². The standard InChI is InChI=1S/C20H20FN3O2S/c1-12-10-16(13(2)26-12)20(25)24-9-5-6-14(11-24)18-22-23-19(27-18)15-7-3-4-8-17(15)21/h3-4,7-8,10,14H,5-6,9,11H2,1-2H3. The van der Waals surface area contributed by atoms with Crippen molar-refractivity contribution in [3.63, 3.8) is 0 Å². The van der Waals surface area contributed by atoms with E-state index in [1.165, 1.54) is 17.4 Å². The van der Waals surface area contributed by atoms with E-state index in [1.54, 1.807) is 24.3 Å². The van der Waals surface area contributed by atoms with Crippen molar-refractivity contribution in [2.75, 3.05) is 13.1 Å². The molecule has 0 N–H and O–H groups in total. The maximum Gasteiger partial charge on any atom is 0.257 e. The summed E-state index contributed by atoms with van der Waals surface area (Å²) < 4.78 is 19.5. The molecular formula is C20H20FN3O2S. The minimum absolute atomic E-state index is 0.00658. The second-order valence-electron chi connectivity index (χ2n) is 6.84. The maximum atomic E-state index is 14.0. The summed E-state index contributed by atoms with van der Waals surface area (Å²) in [4.78, 5) is 14.7. The Hall–Kier alpha value is -2.54. The van der Waals surface area contributed by atoms with Crippen molar-refractivity contribution in [3.05, 3.63) is 58.2 Å². The van der Waals surface area contributed by atoms with Gasteiger partial charge in [0.2, 0.25) is 0 Å². The molecule has 0 bridgehead atoms. The van der Waals surface area contributed by atoms with Crippen LogP contribution in [0.25, 0.3) is 10.6 Å². The first-order chi connectivity index (χ1) is 13.0. The highest BCUT2D eigenvalue weighted by atomic mass is 32.1. The summed E-state index contributed by atoms with van der Waals surface area (Å²) in [6.45, 7) is 4.97. The Balaban J connectivity index is 1.53. The molecule has 3 aromatic rings. The quantitative estimate of drug-likeness (QED) is 0.662. The van der Waals surface area contributed by atoms with Crippen LogP contribution in [0.5, 0.6) is 0 Å². The summed E-state index contributed by atoms with van der Waals surface area (Å²) in [6.07, 6.45) is 1.85. The molecule has 0 spiro atoms. The molecule has 1 atom stereocenters. The van der Waals surface area contributed by atoms with E-state index in [9.17, 15) is 9.18 Å². The van der Waals surface area contributed by atoms with Gasteiger partial charge < -0.3 is 9.32 Å². The minimum atomic E-state index is -0.300. The van der Waals surface area contributed by atoms with Gasteiger partial charge in [0.05, 0.1) is 5.56 Å². The molecule has 0 radical (unpaired) electrons. The molecular weight excluding hydrogens is 365 g/mol. The Kier molecular flexibility index (Phi) is 4.78. The monoisotopic (exact) mass is 385 g/mol. The number of likely N-dealkylation sites (tertiary alicyclic amines) is 1. The van der Waals surface area contributed by atoms with Crippen molar-refractivity contribution < 1.29 is 13.6 Å². The second-order valence-corrected chi connectivity index (χ2v) is 7.85. The fraction of sp³-hybridized carbons (Fsp3) is 0.350. The van der Waals surface area contributed by atoms with Crippen LogP contribution in [0.1, 0.15) is 45.6 Å². The Morgan fingerprint density at radius 1 is 1.30 bits per heavy atom. The van der Waals surface area contributed by atoms with Crippen molar-refractivity contribution in [2.45, 2.75) is 32.6 Å². The minimum Gasteiger partial charge on any atom is -0.466 e. The van der Waals surface area contributed by atoms with E-state index in [1.807, 2.05) is 18.7 Å². The van der Waals surface area contributed by atoms with Crippen LogP contribution in [-0.2, 0) is 0 Å². The Bertz CT molecular complexity index is 981. The topological polar surface area (TPSA) is 59.2 Å². The molecule has 3 heterocycles. The molecule has 5 nitrogen and oxygen atoms in total. The first-order valence-corrected chi connectivity index (χ1v) is 9.79. The lowest BCUT2D eigenvalue weighted by molar-refractivity contribution is 0.0705. The van der Waals surface area contributed by atoms with Crippen LogP contribution in [0.4, 0.5) is 4.39 Å². The molecule has 140 valence electrons. The number of hydrogen-bond donors (Lipinski definition) is 0. The molecule has 0 aliphatic carbocycles. The summed E-state index contributed by atoms with van der Waals surface area (Å²) in [7, 11) is 0. The number of halogens is 1. The summed E-state index contributed by atoms with van der Waals surface area (Å²) >= 11 is 1.40. The van der Waals surface area contributed by atoms with Crippen molar-refractivity contribution >= 4 is 17.2 Å². The Morgan fingerprint density at radius 2 is 2.11 bits per heavy atom. The van der Waals surface area contributed by atoms with Crippen LogP contribution in [0, 0.1) is 19.7 Å². The number of carbonyl (C=O) groups excluding carboxylic acids is 1. The van der Waals surface area contributed by atoms with Crippen molar-refractivity contribution in [1.82, 2.24) is 15.1 Å². The lowest BCUT2D eigenvalue weighted by atomic mass is 9.98. The zero-order valence-corrected chi connectivity index (χ0v) is 16.1. The van der Waals surface area contributed by atoms with Crippen LogP contribution in [0.15, 0.2) is 34.7 Å². The number of aryl methyl sites for hydroxylation is 2. The normalized spacial score (nSPS) is 17.3. The predicted molar refractivity (Wildman–Crippen MR) is 101 cm³/mol. The van der Waals surface area contributed by atoms with Gasteiger partial charge in [-0.1, -0.05) is 23.5 Å². The van der Waals surface area contributed by atoms with E-state index in [4.69, 9.17) is 4.42 Å². The highest BCUT2D eigenvalue weighted by Crippen LogP contribution is 2.34. The SMILES string of the molecule is Cc1cc(C(=O)N2CCCC(c3nnc(-c4ccccc4F)s3)C2)c(C)o1. The third-order valence-corrected chi connectivity index (χ3v) is 5.99. The lowest BCUT2D eigenvalue weighted by Gasteiger charge is -2.31. The number of aromatic nitrogens is 2. The molecule has 1 aliphatic heterocycles. The average molecular weight is 385 g/mol. The van der Waals surface area contributed by atoms with Crippen molar-refractivity contribution in [2.24, 2.45) is 0 Å². The summed E-state index contributed by atoms with van der Waals surface area (Å²) in [5.74, 6) is 1.20. The second kappa shape index (κ2) is 7.23. The summed E-state index contributed by atoms with van der Waals surface area (Å²) in [5, 5.41) is 9.90. The number of amides is 1. The van der Waals surface area contributed by atoms with Crippen LogP contribution in [0.2, 0.25) is 0 Å². The number of carbonyl (C=O) groups is 1. The van der Waals surface area contributed by atoms with Crippen LogP contribution >= 0.6 is 11.3 Å². The molecule has 0 saturated carbocycles. The van der Waals surface area contributed by atoms with Gasteiger partial charge >= 0.3 is 0 Å². The van der Waals surface area contributed by atoms with E-state index >= 15 is 0 Å². The smallest absolute Gasteiger partial charge is 0.257 e. The van der Waals surface area contributed by atoms with Gasteiger partial charge in [-0.3, -0.25) is 4.79 Å². The Labute approximate surface area is 160 Å². The van der Waals surface area contributed by atoms with E-state index < -0.39 is 0 Å². The van der Waals surface area contributed by atoms with E-state index in [-0.39, 0.29) is 17.6 Å². The van der Waals surface area contributed by atoms with E-state index in [2.05, 4.69) is 10.2 Å². The third kappa shape index (κ3) is 3.51. The number of benzene rings is 1. The number of furan rings is 1. The zero-order chi connectivity index (χ0) is 19.0. The van der Waals surface area contributed by atoms with E-state index in [0.717, 1.165) is 30.2 Å². The molecule has 1 fully saturated rings. The highest BCUT2D eigenvalue weighted by molar-refractivity contribution is 7.14. The zero-order valence-electron chi connectivity index (χ0n) is 15.2. The first kappa shape index (κ1) is 17.9. The molecule has 1 aliphatic rings. The third-order valence-electron chi connectivity index (χ3n) is 4.87. The number of hydrogen-bond acceptors (Lipinski definition) is 5.